The number of carbonyl (C=O) groups excluding carboxylic acids is 2. The molecule has 2 heterocycles. The smallest absolute Gasteiger partial charge is 0.271 e. The number of hydrogen-bond acceptors (Lipinski definition) is 7. The predicted molar refractivity (Wildman–Crippen MR) is 121 cm³/mol. The van der Waals surface area contributed by atoms with E-state index in [0.29, 0.717) is 17.1 Å². The van der Waals surface area contributed by atoms with Crippen LogP contribution in [0.2, 0.25) is 0 Å². The quantitative estimate of drug-likeness (QED) is 0.521. The third kappa shape index (κ3) is 4.60. The number of amides is 2. The van der Waals surface area contributed by atoms with Crippen LogP contribution in [-0.2, 0) is 19.6 Å². The fourth-order valence-electron chi connectivity index (χ4n) is 3.09. The summed E-state index contributed by atoms with van der Waals surface area (Å²) < 4.78 is 32.5. The molecule has 0 bridgehead atoms. The molecular formula is C21H18N2O5S3. The first-order chi connectivity index (χ1) is 14.9. The molecule has 7 nitrogen and oxygen atoms in total. The van der Waals surface area contributed by atoms with E-state index < -0.39 is 15.3 Å². The largest absolute Gasteiger partial charge is 0.497 e. The molecule has 1 saturated heterocycles. The summed E-state index contributed by atoms with van der Waals surface area (Å²) in [4.78, 5) is 27.2. The van der Waals surface area contributed by atoms with Crippen LogP contribution in [0.5, 0.6) is 5.75 Å². The second kappa shape index (κ2) is 8.74. The maximum atomic E-state index is 12.8. The summed E-state index contributed by atoms with van der Waals surface area (Å²) in [6, 6.07) is 16.7. The van der Waals surface area contributed by atoms with Crippen LogP contribution in [0.1, 0.15) is 6.42 Å². The molecule has 10 heteroatoms. The van der Waals surface area contributed by atoms with Gasteiger partial charge in [-0.3, -0.25) is 14.3 Å². The topological polar surface area (TPSA) is 92.8 Å². The lowest BCUT2D eigenvalue weighted by Gasteiger charge is -2.15. The lowest BCUT2D eigenvalue weighted by molar-refractivity contribution is -0.121. The fourth-order valence-corrected chi connectivity index (χ4v) is 6.19. The van der Waals surface area contributed by atoms with Crippen LogP contribution in [0, 0.1) is 0 Å². The van der Waals surface area contributed by atoms with E-state index in [2.05, 4.69) is 4.72 Å². The SMILES string of the molecule is COc1ccc(N2C(=O)CC(Sc3ccc(NS(=O)(=O)c4cccs4)cc3)C2=O)cc1. The minimum Gasteiger partial charge on any atom is -0.497 e. The molecule has 31 heavy (non-hydrogen) atoms. The first-order valence-electron chi connectivity index (χ1n) is 9.21. The van der Waals surface area contributed by atoms with Crippen molar-refractivity contribution in [2.24, 2.45) is 0 Å². The number of benzene rings is 2. The molecule has 1 aromatic heterocycles. The Morgan fingerprint density at radius 2 is 1.77 bits per heavy atom. The molecule has 1 unspecified atom stereocenters. The van der Waals surface area contributed by atoms with Crippen LogP contribution in [0.15, 0.2) is 75.1 Å². The standard InChI is InChI=1S/C21H18N2O5S3/c1-28-16-8-6-15(7-9-16)23-19(24)13-18(21(23)25)30-17-10-4-14(5-11-17)22-31(26,27)20-3-2-12-29-20/h2-12,18,22H,13H2,1H3. The maximum Gasteiger partial charge on any atom is 0.271 e. The molecule has 160 valence electrons. The molecule has 0 aliphatic carbocycles. The predicted octanol–water partition coefficient (Wildman–Crippen LogP) is 3.98. The number of methoxy groups -OCH3 is 1. The van der Waals surface area contributed by atoms with Gasteiger partial charge >= 0.3 is 0 Å². The zero-order valence-corrected chi connectivity index (χ0v) is 18.8. The normalized spacial score (nSPS) is 16.5. The Morgan fingerprint density at radius 1 is 1.06 bits per heavy atom. The van der Waals surface area contributed by atoms with Gasteiger partial charge in [-0.15, -0.1) is 23.1 Å². The van der Waals surface area contributed by atoms with Crippen molar-refractivity contribution in [2.75, 3.05) is 16.7 Å². The number of thioether (sulfide) groups is 1. The van der Waals surface area contributed by atoms with Crippen LogP contribution in [-0.4, -0.2) is 32.6 Å². The lowest BCUT2D eigenvalue weighted by Crippen LogP contribution is -2.31. The summed E-state index contributed by atoms with van der Waals surface area (Å²) in [5.74, 6) is 0.110. The van der Waals surface area contributed by atoms with E-state index in [1.54, 1.807) is 67.1 Å². The van der Waals surface area contributed by atoms with Gasteiger partial charge in [0.25, 0.3) is 10.0 Å². The summed E-state index contributed by atoms with van der Waals surface area (Å²) in [5.41, 5.74) is 0.934. The van der Waals surface area contributed by atoms with Crippen molar-refractivity contribution in [1.29, 1.82) is 0 Å². The molecule has 2 amide bonds. The van der Waals surface area contributed by atoms with Gasteiger partial charge in [0.15, 0.2) is 0 Å². The van der Waals surface area contributed by atoms with Crippen molar-refractivity contribution in [3.8, 4) is 5.75 Å². The van der Waals surface area contributed by atoms with Crippen LogP contribution >= 0.6 is 23.1 Å². The van der Waals surface area contributed by atoms with Crippen molar-refractivity contribution < 1.29 is 22.7 Å². The van der Waals surface area contributed by atoms with Gasteiger partial charge in [-0.1, -0.05) is 6.07 Å². The third-order valence-electron chi connectivity index (χ3n) is 4.58. The van der Waals surface area contributed by atoms with Gasteiger partial charge < -0.3 is 4.74 Å². The van der Waals surface area contributed by atoms with Gasteiger partial charge in [0, 0.05) is 17.0 Å². The molecule has 4 rings (SSSR count). The van der Waals surface area contributed by atoms with E-state index in [-0.39, 0.29) is 22.4 Å². The Kier molecular flexibility index (Phi) is 6.03. The zero-order valence-electron chi connectivity index (χ0n) is 16.3. The third-order valence-corrected chi connectivity index (χ3v) is 8.56. The van der Waals surface area contributed by atoms with E-state index in [4.69, 9.17) is 4.74 Å². The number of rotatable bonds is 7. The van der Waals surface area contributed by atoms with E-state index in [0.717, 1.165) is 16.2 Å². The van der Waals surface area contributed by atoms with Crippen molar-refractivity contribution >= 4 is 56.3 Å². The fraction of sp³-hybridized carbons (Fsp3) is 0.143. The van der Waals surface area contributed by atoms with Gasteiger partial charge in [-0.05, 0) is 60.0 Å². The number of ether oxygens (including phenoxy) is 1. The summed E-state index contributed by atoms with van der Waals surface area (Å²) in [5, 5.41) is 1.16. The number of imide groups is 1. The first kappa shape index (κ1) is 21.4. The van der Waals surface area contributed by atoms with Gasteiger partial charge in [0.2, 0.25) is 11.8 Å². The van der Waals surface area contributed by atoms with Crippen LogP contribution in [0.25, 0.3) is 0 Å². The number of thiophene rings is 1. The summed E-state index contributed by atoms with van der Waals surface area (Å²) in [6.45, 7) is 0. The lowest BCUT2D eigenvalue weighted by atomic mass is 10.3. The Bertz CT molecular complexity index is 1190. The Balaban J connectivity index is 1.43. The molecule has 1 aliphatic heterocycles. The van der Waals surface area contributed by atoms with Crippen molar-refractivity contribution in [2.45, 2.75) is 20.8 Å². The highest BCUT2D eigenvalue weighted by Crippen LogP contribution is 2.35. The molecule has 2 aromatic carbocycles. The maximum absolute atomic E-state index is 12.8. The molecule has 1 atom stereocenters. The highest BCUT2D eigenvalue weighted by Gasteiger charge is 2.40. The summed E-state index contributed by atoms with van der Waals surface area (Å²) >= 11 is 2.42. The Morgan fingerprint density at radius 3 is 2.39 bits per heavy atom. The Hall–Kier alpha value is -2.82. The summed E-state index contributed by atoms with van der Waals surface area (Å²) in [7, 11) is -2.07. The molecule has 1 aliphatic rings. The number of nitrogens with one attached hydrogen (secondary N) is 1. The number of hydrogen-bond donors (Lipinski definition) is 1. The average Bonchev–Trinajstić information content (AvgIpc) is 3.39. The van der Waals surface area contributed by atoms with E-state index in [1.807, 2.05) is 0 Å². The van der Waals surface area contributed by atoms with Crippen molar-refractivity contribution in [3.05, 3.63) is 66.0 Å². The molecule has 0 spiro atoms. The van der Waals surface area contributed by atoms with Crippen LogP contribution in [0.4, 0.5) is 11.4 Å². The van der Waals surface area contributed by atoms with Crippen LogP contribution < -0.4 is 14.4 Å². The van der Waals surface area contributed by atoms with Crippen molar-refractivity contribution in [3.63, 3.8) is 0 Å². The van der Waals surface area contributed by atoms with Gasteiger partial charge in [0.05, 0.1) is 18.0 Å². The van der Waals surface area contributed by atoms with E-state index >= 15 is 0 Å². The molecule has 3 aromatic rings. The number of carbonyl (C=O) groups is 2. The minimum atomic E-state index is -3.62. The summed E-state index contributed by atoms with van der Waals surface area (Å²) in [6.07, 6.45) is 0.0995. The van der Waals surface area contributed by atoms with Crippen molar-refractivity contribution in [1.82, 2.24) is 0 Å². The molecule has 1 N–H and O–H groups in total. The van der Waals surface area contributed by atoms with Gasteiger partial charge in [-0.25, -0.2) is 13.3 Å². The van der Waals surface area contributed by atoms with Gasteiger partial charge in [0.1, 0.15) is 9.96 Å². The monoisotopic (exact) mass is 474 g/mol. The molecule has 0 saturated carbocycles. The number of sulfonamides is 1. The zero-order chi connectivity index (χ0) is 22.0. The van der Waals surface area contributed by atoms with E-state index in [1.165, 1.54) is 22.7 Å². The average molecular weight is 475 g/mol. The van der Waals surface area contributed by atoms with Gasteiger partial charge in [-0.2, -0.15) is 0 Å². The molecule has 0 radical (unpaired) electrons. The molecular weight excluding hydrogens is 456 g/mol. The van der Waals surface area contributed by atoms with Crippen LogP contribution in [0.3, 0.4) is 0 Å². The minimum absolute atomic E-state index is 0.0995. The van der Waals surface area contributed by atoms with E-state index in [9.17, 15) is 18.0 Å². The highest BCUT2D eigenvalue weighted by atomic mass is 32.2. The number of anilines is 2. The Labute approximate surface area is 188 Å². The number of nitrogens with zero attached hydrogens (tertiary/aromatic N) is 1. The first-order valence-corrected chi connectivity index (χ1v) is 12.5. The second-order valence-electron chi connectivity index (χ2n) is 6.64. The molecule has 1 fully saturated rings. The second-order valence-corrected chi connectivity index (χ2v) is 10.8. The highest BCUT2D eigenvalue weighted by molar-refractivity contribution is 8.00.